The van der Waals surface area contributed by atoms with E-state index >= 15 is 0 Å². The summed E-state index contributed by atoms with van der Waals surface area (Å²) in [5.74, 6) is -3.08. The SMILES string of the molecule is O=C([NH+](F)F)C(F)(F)F. The molecule has 0 saturated carbocycles. The molecular weight excluding hydrogens is 149 g/mol. The Morgan fingerprint density at radius 1 is 1.22 bits per heavy atom. The second-order valence-electron chi connectivity index (χ2n) is 1.09. The van der Waals surface area contributed by atoms with Crippen LogP contribution in [0.1, 0.15) is 0 Å². The number of quaternary nitrogens is 1. The normalized spacial score (nSPS) is 12.2. The predicted octanol–water partition coefficient (Wildman–Crippen LogP) is -0.271. The molecule has 0 aromatic rings. The highest BCUT2D eigenvalue weighted by Crippen LogP contribution is 2.12. The fraction of sp³-hybridized carbons (Fsp3) is 0.500. The number of carbonyl (C=O) groups excluding carboxylic acids is 1. The highest BCUT2D eigenvalue weighted by molar-refractivity contribution is 5.71. The third kappa shape index (κ3) is 2.36. The molecule has 0 aromatic carbocycles. The van der Waals surface area contributed by atoms with Crippen molar-refractivity contribution in [3.05, 3.63) is 0 Å². The molecule has 0 unspecified atom stereocenters. The standard InChI is InChI=1S/C2F5NO/c3-2(4,5)1(9)8(6)7/p+1. The van der Waals surface area contributed by atoms with E-state index in [0.29, 0.717) is 0 Å². The van der Waals surface area contributed by atoms with Gasteiger partial charge >= 0.3 is 12.1 Å². The molecule has 0 fully saturated rings. The molecule has 2 nitrogen and oxygen atoms in total. The molecule has 0 rings (SSSR count). The third-order valence-electron chi connectivity index (χ3n) is 0.429. The van der Waals surface area contributed by atoms with E-state index in [1.165, 1.54) is 0 Å². The Hall–Kier alpha value is -0.720. The van der Waals surface area contributed by atoms with Crippen molar-refractivity contribution in [3.8, 4) is 0 Å². The van der Waals surface area contributed by atoms with E-state index in [1.807, 2.05) is 0 Å². The van der Waals surface area contributed by atoms with Crippen LogP contribution in [0.4, 0.5) is 22.1 Å². The summed E-state index contributed by atoms with van der Waals surface area (Å²) in [6.07, 6.45) is -5.45. The predicted molar refractivity (Wildman–Crippen MR) is 14.2 cm³/mol. The summed E-state index contributed by atoms with van der Waals surface area (Å²) in [6.45, 7) is 0. The van der Waals surface area contributed by atoms with Crippen LogP contribution in [-0.4, -0.2) is 12.1 Å². The molecule has 0 aliphatic rings. The zero-order valence-corrected chi connectivity index (χ0v) is 3.80. The average molecular weight is 150 g/mol. The van der Waals surface area contributed by atoms with E-state index < -0.39 is 17.4 Å². The van der Waals surface area contributed by atoms with Crippen molar-refractivity contribution in [1.82, 2.24) is 0 Å². The van der Waals surface area contributed by atoms with Crippen LogP contribution in [0, 0.1) is 0 Å². The molecular formula is C2HF5NO+. The van der Waals surface area contributed by atoms with E-state index in [2.05, 4.69) is 0 Å². The highest BCUT2D eigenvalue weighted by Gasteiger charge is 2.50. The fourth-order valence-electron chi connectivity index (χ4n) is 0.107. The minimum absolute atomic E-state index is 3.08. The number of nitrogens with one attached hydrogen (secondary N) is 1. The Balaban J connectivity index is 4.06. The molecule has 7 heteroatoms. The van der Waals surface area contributed by atoms with E-state index in [-0.39, 0.29) is 0 Å². The second-order valence-corrected chi connectivity index (χ2v) is 1.09. The van der Waals surface area contributed by atoms with E-state index in [0.717, 1.165) is 0 Å². The first-order valence-corrected chi connectivity index (χ1v) is 1.65. The summed E-state index contributed by atoms with van der Waals surface area (Å²) in [5.41, 5.74) is 0. The summed E-state index contributed by atoms with van der Waals surface area (Å²) < 4.78 is 54.1. The smallest absolute Gasteiger partial charge is 0.212 e. The Labute approximate surface area is 45.7 Å². The molecule has 0 spiro atoms. The maximum absolute atomic E-state index is 10.8. The first-order chi connectivity index (χ1) is 3.85. The first-order valence-electron chi connectivity index (χ1n) is 1.65. The summed E-state index contributed by atoms with van der Waals surface area (Å²) in [4.78, 5) is 9.25. The zero-order valence-electron chi connectivity index (χ0n) is 3.80. The van der Waals surface area contributed by atoms with Crippen molar-refractivity contribution in [2.45, 2.75) is 6.18 Å². The highest BCUT2D eigenvalue weighted by atomic mass is 19.4. The minimum Gasteiger partial charge on any atom is -0.212 e. The lowest BCUT2D eigenvalue weighted by Gasteiger charge is -1.96. The van der Waals surface area contributed by atoms with Crippen molar-refractivity contribution in [1.29, 1.82) is 0 Å². The molecule has 1 N–H and O–H groups in total. The van der Waals surface area contributed by atoms with Crippen LogP contribution in [0.25, 0.3) is 0 Å². The van der Waals surface area contributed by atoms with E-state index in [1.54, 1.807) is 0 Å². The minimum atomic E-state index is -5.45. The number of carbonyl (C=O) groups is 1. The van der Waals surface area contributed by atoms with E-state index in [4.69, 9.17) is 0 Å². The Bertz CT molecular complexity index is 117. The number of alkyl halides is 3. The molecule has 0 atom stereocenters. The molecule has 0 bridgehead atoms. The Morgan fingerprint density at radius 3 is 1.56 bits per heavy atom. The number of rotatable bonds is 0. The first kappa shape index (κ1) is 8.28. The summed E-state index contributed by atoms with van der Waals surface area (Å²) in [7, 11) is 0. The fourth-order valence-corrected chi connectivity index (χ4v) is 0.107. The van der Waals surface area contributed by atoms with Gasteiger partial charge in [0.05, 0.1) is 0 Å². The quantitative estimate of drug-likeness (QED) is 0.372. The van der Waals surface area contributed by atoms with Crippen molar-refractivity contribution in [3.63, 3.8) is 0 Å². The molecule has 0 saturated heterocycles. The summed E-state index contributed by atoms with van der Waals surface area (Å²) in [5, 5.41) is -3.23. The third-order valence-corrected chi connectivity index (χ3v) is 0.429. The summed E-state index contributed by atoms with van der Waals surface area (Å²) >= 11 is 0. The van der Waals surface area contributed by atoms with Gasteiger partial charge in [-0.15, -0.1) is 0 Å². The monoisotopic (exact) mass is 150 g/mol. The second kappa shape index (κ2) is 2.26. The van der Waals surface area contributed by atoms with Crippen LogP contribution < -0.4 is 5.34 Å². The van der Waals surface area contributed by atoms with Crippen molar-refractivity contribution < 1.29 is 32.3 Å². The molecule has 1 amide bonds. The zero-order chi connectivity index (χ0) is 7.65. The number of hydrogen-bond acceptors (Lipinski definition) is 1. The Morgan fingerprint density at radius 2 is 1.56 bits per heavy atom. The van der Waals surface area contributed by atoms with Gasteiger partial charge in [0, 0.05) is 8.96 Å². The van der Waals surface area contributed by atoms with Crippen LogP contribution in [0.15, 0.2) is 0 Å². The van der Waals surface area contributed by atoms with Gasteiger partial charge in [-0.1, -0.05) is 0 Å². The topological polar surface area (TPSA) is 21.5 Å². The molecule has 0 aliphatic heterocycles. The van der Waals surface area contributed by atoms with Gasteiger partial charge in [-0.2, -0.15) is 13.2 Å². The lowest BCUT2D eigenvalue weighted by atomic mass is 10.6. The van der Waals surface area contributed by atoms with Crippen molar-refractivity contribution in [2.75, 3.05) is 0 Å². The van der Waals surface area contributed by atoms with Crippen LogP contribution in [0.2, 0.25) is 0 Å². The van der Waals surface area contributed by atoms with Crippen molar-refractivity contribution in [2.24, 2.45) is 0 Å². The lowest BCUT2D eigenvalue weighted by molar-refractivity contribution is -1.10. The van der Waals surface area contributed by atoms with Crippen LogP contribution in [0.5, 0.6) is 0 Å². The average Bonchev–Trinajstić information content (AvgIpc) is 1.62. The molecule has 0 radical (unpaired) electrons. The number of amides is 1. The maximum atomic E-state index is 10.8. The van der Waals surface area contributed by atoms with Crippen LogP contribution >= 0.6 is 0 Å². The van der Waals surface area contributed by atoms with Crippen LogP contribution in [-0.2, 0) is 4.79 Å². The van der Waals surface area contributed by atoms with Gasteiger partial charge in [0.25, 0.3) is 0 Å². The maximum Gasteiger partial charge on any atom is 0.517 e. The van der Waals surface area contributed by atoms with Crippen molar-refractivity contribution >= 4 is 5.91 Å². The van der Waals surface area contributed by atoms with Gasteiger partial charge in [-0.05, 0) is 0 Å². The van der Waals surface area contributed by atoms with Gasteiger partial charge in [0.1, 0.15) is 5.34 Å². The lowest BCUT2D eigenvalue weighted by Crippen LogP contribution is -3.02. The number of halogens is 5. The van der Waals surface area contributed by atoms with Crippen LogP contribution in [0.3, 0.4) is 0 Å². The Kier molecular flexibility index (Phi) is 2.08. The number of hydrogen-bond donors (Lipinski definition) is 1. The molecule has 0 aromatic heterocycles. The van der Waals surface area contributed by atoms with Gasteiger partial charge < -0.3 is 0 Å². The molecule has 54 valence electrons. The van der Waals surface area contributed by atoms with Gasteiger partial charge in [-0.25, -0.2) is 4.79 Å². The largest absolute Gasteiger partial charge is 0.517 e. The summed E-state index contributed by atoms with van der Waals surface area (Å²) in [6, 6.07) is 0. The van der Waals surface area contributed by atoms with Gasteiger partial charge in [0.15, 0.2) is 0 Å². The molecule has 9 heavy (non-hydrogen) atoms. The van der Waals surface area contributed by atoms with E-state index in [9.17, 15) is 26.9 Å². The molecule has 0 heterocycles. The molecule has 0 aliphatic carbocycles. The van der Waals surface area contributed by atoms with Gasteiger partial charge in [-0.3, -0.25) is 0 Å². The van der Waals surface area contributed by atoms with Gasteiger partial charge in [0.2, 0.25) is 0 Å².